The summed E-state index contributed by atoms with van der Waals surface area (Å²) in [4.78, 5) is 44.6. The fourth-order valence-electron chi connectivity index (χ4n) is 2.84. The smallest absolute Gasteiger partial charge is 0.289 e. The summed E-state index contributed by atoms with van der Waals surface area (Å²) < 4.78 is 0. The molecule has 0 unspecified atom stereocenters. The molecular formula is C25H34O6Si2. The van der Waals surface area contributed by atoms with Crippen molar-refractivity contribution in [2.75, 3.05) is 0 Å². The van der Waals surface area contributed by atoms with Crippen LogP contribution in [0, 0.1) is 13.2 Å². The summed E-state index contributed by atoms with van der Waals surface area (Å²) in [6, 6.07) is 14.6. The highest BCUT2D eigenvalue weighted by atomic mass is 28.3. The average Bonchev–Trinajstić information content (AvgIpc) is 2.77. The second kappa shape index (κ2) is 11.7. The van der Waals surface area contributed by atoms with E-state index < -0.39 is 28.1 Å². The van der Waals surface area contributed by atoms with Crippen molar-refractivity contribution in [2.45, 2.75) is 58.5 Å². The van der Waals surface area contributed by atoms with E-state index in [2.05, 4.69) is 46.2 Å². The van der Waals surface area contributed by atoms with Crippen molar-refractivity contribution in [3.8, 4) is 0 Å². The molecule has 2 rings (SSSR count). The van der Waals surface area contributed by atoms with E-state index in [-0.39, 0.29) is 12.7 Å². The standard InChI is InChI=1S/C25H34O6Si2/c1-8-9-10-23(28-30-24(26)19-11-15-21(16-12-19)32(2,3)4)29-31-25(27)20-13-17-22(18-14-20)33(5,6)7/h11-18H,1,8-10H2,2-7H3. The van der Waals surface area contributed by atoms with Crippen molar-refractivity contribution in [1.29, 1.82) is 0 Å². The van der Waals surface area contributed by atoms with Gasteiger partial charge in [-0.25, -0.2) is 9.59 Å². The number of carbonyl (C=O) groups is 2. The normalized spacial score (nSPS) is 12.0. The van der Waals surface area contributed by atoms with E-state index in [0.29, 0.717) is 24.0 Å². The third-order valence-corrected chi connectivity index (χ3v) is 9.16. The van der Waals surface area contributed by atoms with Crippen molar-refractivity contribution in [2.24, 2.45) is 0 Å². The molecule has 0 amide bonds. The molecule has 0 saturated heterocycles. The topological polar surface area (TPSA) is 71.1 Å². The second-order valence-electron chi connectivity index (χ2n) is 9.89. The van der Waals surface area contributed by atoms with E-state index in [1.807, 2.05) is 24.3 Å². The van der Waals surface area contributed by atoms with Gasteiger partial charge in [0.25, 0.3) is 0 Å². The first-order chi connectivity index (χ1) is 15.4. The van der Waals surface area contributed by atoms with Crippen LogP contribution in [-0.2, 0) is 19.6 Å². The minimum Gasteiger partial charge on any atom is -0.289 e. The number of rotatable bonds is 11. The summed E-state index contributed by atoms with van der Waals surface area (Å²) in [5.74, 6) is -1.33. The molecule has 0 atom stereocenters. The number of hydrogen-bond acceptors (Lipinski definition) is 6. The molecule has 2 radical (unpaired) electrons. The summed E-state index contributed by atoms with van der Waals surface area (Å²) in [7, 11) is -2.93. The number of hydrogen-bond donors (Lipinski definition) is 0. The van der Waals surface area contributed by atoms with Crippen LogP contribution in [0.5, 0.6) is 0 Å². The van der Waals surface area contributed by atoms with Gasteiger partial charge in [0.05, 0.1) is 27.3 Å². The van der Waals surface area contributed by atoms with Gasteiger partial charge in [-0.2, -0.15) is 0 Å². The van der Waals surface area contributed by atoms with Crippen molar-refractivity contribution in [3.63, 3.8) is 0 Å². The molecule has 0 bridgehead atoms. The molecule has 178 valence electrons. The Hall–Kier alpha value is -2.27. The van der Waals surface area contributed by atoms with Gasteiger partial charge >= 0.3 is 18.2 Å². The highest BCUT2D eigenvalue weighted by Gasteiger charge is 2.23. The predicted molar refractivity (Wildman–Crippen MR) is 134 cm³/mol. The Bertz CT molecular complexity index is 838. The highest BCUT2D eigenvalue weighted by Crippen LogP contribution is 2.18. The molecule has 2 aromatic rings. The fourth-order valence-corrected chi connectivity index (χ4v) is 5.18. The Morgan fingerprint density at radius 1 is 0.667 bits per heavy atom. The maximum Gasteiger partial charge on any atom is 0.373 e. The van der Waals surface area contributed by atoms with Gasteiger partial charge in [-0.3, -0.25) is 9.78 Å². The van der Waals surface area contributed by atoms with E-state index in [0.717, 1.165) is 0 Å². The van der Waals surface area contributed by atoms with Crippen molar-refractivity contribution in [3.05, 3.63) is 72.9 Å². The van der Waals surface area contributed by atoms with Gasteiger partial charge in [0.15, 0.2) is 0 Å². The molecule has 0 aliphatic carbocycles. The maximum atomic E-state index is 12.3. The SMILES string of the molecule is [CH2]CCC[C](OOC(=O)c1ccc([Si](C)(C)C)cc1)OOC(=O)c1ccc([Si](C)(C)C)cc1. The van der Waals surface area contributed by atoms with Crippen LogP contribution in [0.3, 0.4) is 0 Å². The molecule has 0 saturated carbocycles. The number of unbranched alkanes of at least 4 members (excludes halogenated alkanes) is 1. The molecule has 0 aliphatic heterocycles. The third-order valence-electron chi connectivity index (χ3n) is 5.02. The van der Waals surface area contributed by atoms with Gasteiger partial charge in [0.1, 0.15) is 0 Å². The molecule has 0 aromatic heterocycles. The van der Waals surface area contributed by atoms with Crippen LogP contribution >= 0.6 is 0 Å². The van der Waals surface area contributed by atoms with Crippen molar-refractivity contribution < 1.29 is 29.1 Å². The van der Waals surface area contributed by atoms with Crippen LogP contribution in [-0.4, -0.2) is 28.1 Å². The zero-order valence-electron chi connectivity index (χ0n) is 20.4. The van der Waals surface area contributed by atoms with Gasteiger partial charge in [0.2, 0.25) is 0 Å². The molecule has 8 heteroatoms. The predicted octanol–water partition coefficient (Wildman–Crippen LogP) is 5.15. The van der Waals surface area contributed by atoms with Crippen molar-refractivity contribution in [1.82, 2.24) is 0 Å². The van der Waals surface area contributed by atoms with Gasteiger partial charge in [-0.1, -0.05) is 87.3 Å². The lowest BCUT2D eigenvalue weighted by atomic mass is 10.2. The van der Waals surface area contributed by atoms with E-state index in [1.165, 1.54) is 10.4 Å². The summed E-state index contributed by atoms with van der Waals surface area (Å²) in [5.41, 5.74) is 0.709. The Morgan fingerprint density at radius 2 is 1.03 bits per heavy atom. The Labute approximate surface area is 199 Å². The van der Waals surface area contributed by atoms with Gasteiger partial charge < -0.3 is 0 Å². The molecule has 0 fully saturated rings. The van der Waals surface area contributed by atoms with Crippen LogP contribution in [0.25, 0.3) is 0 Å². The largest absolute Gasteiger partial charge is 0.373 e. The molecule has 0 spiro atoms. The van der Waals surface area contributed by atoms with Crippen molar-refractivity contribution >= 4 is 38.5 Å². The molecule has 2 aromatic carbocycles. The Kier molecular flexibility index (Phi) is 9.60. The number of carbonyl (C=O) groups excluding carboxylic acids is 2. The second-order valence-corrected chi connectivity index (χ2v) is 20.0. The van der Waals surface area contributed by atoms with Crippen LogP contribution < -0.4 is 10.4 Å². The minimum absolute atomic E-state index is 0.127. The minimum atomic E-state index is -1.46. The summed E-state index contributed by atoms with van der Waals surface area (Å²) in [5, 5.41) is 2.46. The Morgan fingerprint density at radius 3 is 1.33 bits per heavy atom. The first-order valence-electron chi connectivity index (χ1n) is 11.1. The molecular weight excluding hydrogens is 452 g/mol. The lowest BCUT2D eigenvalue weighted by Crippen LogP contribution is -2.37. The molecule has 0 heterocycles. The van der Waals surface area contributed by atoms with E-state index in [1.54, 1.807) is 24.3 Å². The van der Waals surface area contributed by atoms with Gasteiger partial charge in [-0.05, 0) is 30.7 Å². The van der Waals surface area contributed by atoms with Gasteiger partial charge in [-0.15, -0.1) is 9.78 Å². The highest BCUT2D eigenvalue weighted by molar-refractivity contribution is 6.89. The Balaban J connectivity index is 1.93. The average molecular weight is 487 g/mol. The zero-order valence-corrected chi connectivity index (χ0v) is 22.4. The summed E-state index contributed by atoms with van der Waals surface area (Å²) >= 11 is 0. The molecule has 0 aliphatic rings. The van der Waals surface area contributed by atoms with Crippen LogP contribution in [0.15, 0.2) is 48.5 Å². The van der Waals surface area contributed by atoms with Gasteiger partial charge in [0, 0.05) is 6.42 Å². The van der Waals surface area contributed by atoms with E-state index >= 15 is 0 Å². The zero-order chi connectivity index (χ0) is 24.6. The first-order valence-corrected chi connectivity index (χ1v) is 18.1. The van der Waals surface area contributed by atoms with Crippen LogP contribution in [0.1, 0.15) is 40.0 Å². The monoisotopic (exact) mass is 486 g/mol. The van der Waals surface area contributed by atoms with E-state index in [9.17, 15) is 9.59 Å². The lowest BCUT2D eigenvalue weighted by Gasteiger charge is -2.17. The molecule has 0 N–H and O–H groups in total. The first kappa shape index (κ1) is 27.0. The lowest BCUT2D eigenvalue weighted by molar-refractivity contribution is -0.363. The molecule has 6 nitrogen and oxygen atoms in total. The quantitative estimate of drug-likeness (QED) is 0.249. The summed E-state index contributed by atoms with van der Waals surface area (Å²) in [6.45, 7) is 17.1. The van der Waals surface area contributed by atoms with E-state index in [4.69, 9.17) is 19.6 Å². The maximum absolute atomic E-state index is 12.3. The third kappa shape index (κ3) is 8.55. The molecule has 33 heavy (non-hydrogen) atoms. The number of benzene rings is 2. The summed E-state index contributed by atoms with van der Waals surface area (Å²) in [6.07, 6.45) is 1.33. The van der Waals surface area contributed by atoms with Crippen LogP contribution in [0.2, 0.25) is 39.3 Å². The van der Waals surface area contributed by atoms with Crippen LogP contribution in [0.4, 0.5) is 0 Å². The fraction of sp³-hybridized carbons (Fsp3) is 0.360.